The second-order valence-electron chi connectivity index (χ2n) is 8.79. The third-order valence-corrected chi connectivity index (χ3v) is 6.33. The van der Waals surface area contributed by atoms with Crippen LogP contribution in [-0.2, 0) is 4.79 Å². The number of hydrogen-bond donors (Lipinski definition) is 1. The molecule has 0 aliphatic carbocycles. The highest BCUT2D eigenvalue weighted by atomic mass is 19.1. The fourth-order valence-corrected chi connectivity index (χ4v) is 4.45. The molecule has 4 rings (SSSR count). The SMILES string of the molecule is CC(=O)N1CCN(c2ccc3nc(C)cc(N[C@H](C)c4cc([N+](=O)[O-])cc(C)c4F)c3c2)CC1. The molecule has 1 saturated heterocycles. The van der Waals surface area contributed by atoms with Crippen molar-refractivity contribution < 1.29 is 14.1 Å². The number of aromatic nitrogens is 1. The molecule has 0 bridgehead atoms. The number of fused-ring (bicyclic) bond motifs is 1. The summed E-state index contributed by atoms with van der Waals surface area (Å²) >= 11 is 0. The predicted octanol–water partition coefficient (Wildman–Crippen LogP) is 4.74. The zero-order valence-electron chi connectivity index (χ0n) is 19.8. The average molecular weight is 466 g/mol. The number of rotatable bonds is 5. The summed E-state index contributed by atoms with van der Waals surface area (Å²) in [4.78, 5) is 31.1. The fourth-order valence-electron chi connectivity index (χ4n) is 4.45. The minimum Gasteiger partial charge on any atom is -0.378 e. The monoisotopic (exact) mass is 465 g/mol. The van der Waals surface area contributed by atoms with Gasteiger partial charge in [0.05, 0.1) is 16.5 Å². The Balaban J connectivity index is 1.67. The third kappa shape index (κ3) is 4.64. The molecular weight excluding hydrogens is 437 g/mol. The van der Waals surface area contributed by atoms with Crippen LogP contribution in [0.4, 0.5) is 21.5 Å². The highest BCUT2D eigenvalue weighted by molar-refractivity contribution is 5.94. The summed E-state index contributed by atoms with van der Waals surface area (Å²) in [6.07, 6.45) is 0. The minimum absolute atomic E-state index is 0.0851. The van der Waals surface area contributed by atoms with Crippen molar-refractivity contribution in [1.82, 2.24) is 9.88 Å². The summed E-state index contributed by atoms with van der Waals surface area (Å²) in [6.45, 7) is 9.62. The van der Waals surface area contributed by atoms with Crippen LogP contribution in [-0.4, -0.2) is 46.9 Å². The molecule has 0 saturated carbocycles. The highest BCUT2D eigenvalue weighted by Crippen LogP contribution is 2.33. The van der Waals surface area contributed by atoms with Crippen LogP contribution in [0.3, 0.4) is 0 Å². The number of aryl methyl sites for hydroxylation is 2. The first-order chi connectivity index (χ1) is 16.1. The molecule has 34 heavy (non-hydrogen) atoms. The number of nitro benzene ring substituents is 1. The van der Waals surface area contributed by atoms with Gasteiger partial charge in [0.2, 0.25) is 5.91 Å². The number of nitrogens with zero attached hydrogens (tertiary/aromatic N) is 4. The van der Waals surface area contributed by atoms with Gasteiger partial charge in [-0.1, -0.05) is 0 Å². The Kier molecular flexibility index (Phi) is 6.37. The van der Waals surface area contributed by atoms with Gasteiger partial charge < -0.3 is 15.1 Å². The van der Waals surface area contributed by atoms with E-state index in [-0.39, 0.29) is 22.7 Å². The van der Waals surface area contributed by atoms with Crippen LogP contribution in [0.15, 0.2) is 36.4 Å². The van der Waals surface area contributed by atoms with Crippen LogP contribution in [0, 0.1) is 29.8 Å². The maximum Gasteiger partial charge on any atom is 0.270 e. The summed E-state index contributed by atoms with van der Waals surface area (Å²) in [7, 11) is 0. The molecule has 1 fully saturated rings. The van der Waals surface area contributed by atoms with E-state index in [0.29, 0.717) is 13.1 Å². The average Bonchev–Trinajstić information content (AvgIpc) is 2.80. The lowest BCUT2D eigenvalue weighted by molar-refractivity contribution is -0.385. The Labute approximate surface area is 197 Å². The topological polar surface area (TPSA) is 91.6 Å². The molecule has 2 aromatic carbocycles. The number of nitrogens with one attached hydrogen (secondary N) is 1. The molecule has 1 aliphatic rings. The summed E-state index contributed by atoms with van der Waals surface area (Å²) in [5.41, 5.74) is 3.76. The summed E-state index contributed by atoms with van der Waals surface area (Å²) in [6, 6.07) is 9.96. The Hall–Kier alpha value is -3.75. The molecule has 1 amide bonds. The first-order valence-electron chi connectivity index (χ1n) is 11.3. The van der Waals surface area contributed by atoms with Crippen LogP contribution in [0.1, 0.15) is 36.7 Å². The van der Waals surface area contributed by atoms with Crippen molar-refractivity contribution in [2.75, 3.05) is 36.4 Å². The van der Waals surface area contributed by atoms with E-state index in [1.807, 2.05) is 30.0 Å². The summed E-state index contributed by atoms with van der Waals surface area (Å²) in [5, 5.41) is 15.5. The van der Waals surface area contributed by atoms with Crippen molar-refractivity contribution in [2.24, 2.45) is 0 Å². The van der Waals surface area contributed by atoms with Crippen LogP contribution < -0.4 is 10.2 Å². The van der Waals surface area contributed by atoms with Gasteiger partial charge in [0, 0.05) is 73.3 Å². The number of halogens is 1. The van der Waals surface area contributed by atoms with Crippen molar-refractivity contribution in [2.45, 2.75) is 33.7 Å². The van der Waals surface area contributed by atoms with Crippen molar-refractivity contribution in [3.8, 4) is 0 Å². The molecule has 0 radical (unpaired) electrons. The van der Waals surface area contributed by atoms with E-state index in [9.17, 15) is 19.3 Å². The lowest BCUT2D eigenvalue weighted by Crippen LogP contribution is -2.48. The van der Waals surface area contributed by atoms with Crippen molar-refractivity contribution >= 4 is 33.9 Å². The third-order valence-electron chi connectivity index (χ3n) is 6.33. The first-order valence-corrected chi connectivity index (χ1v) is 11.3. The number of carbonyl (C=O) groups excluding carboxylic acids is 1. The fraction of sp³-hybridized carbons (Fsp3) is 0.360. The van der Waals surface area contributed by atoms with Gasteiger partial charge in [0.15, 0.2) is 0 Å². The van der Waals surface area contributed by atoms with Crippen LogP contribution in [0.5, 0.6) is 0 Å². The molecule has 1 atom stereocenters. The Morgan fingerprint density at radius 3 is 2.50 bits per heavy atom. The maximum absolute atomic E-state index is 14.9. The van der Waals surface area contributed by atoms with E-state index in [1.165, 1.54) is 19.1 Å². The molecule has 1 aromatic heterocycles. The molecule has 0 unspecified atom stereocenters. The molecule has 3 aromatic rings. The van der Waals surface area contributed by atoms with Gasteiger partial charge in [-0.25, -0.2) is 4.39 Å². The Bertz CT molecular complexity index is 1270. The number of amides is 1. The molecule has 2 heterocycles. The van der Waals surface area contributed by atoms with Crippen LogP contribution in [0.2, 0.25) is 0 Å². The smallest absolute Gasteiger partial charge is 0.270 e. The van der Waals surface area contributed by atoms with Crippen LogP contribution in [0.25, 0.3) is 10.9 Å². The van der Waals surface area contributed by atoms with Gasteiger partial charge in [-0.2, -0.15) is 0 Å². The number of non-ortho nitro benzene ring substituents is 1. The standard InChI is InChI=1S/C25H28FN5O3/c1-15-11-20(31(33)34)14-21(25(15)26)17(3)28-24-12-16(2)27-23-6-5-19(13-22(23)24)30-9-7-29(8-10-30)18(4)32/h5-6,11-14,17H,7-10H2,1-4H3,(H,27,28)/t17-/m1/s1. The van der Waals surface area contributed by atoms with Crippen molar-refractivity contribution in [3.63, 3.8) is 0 Å². The van der Waals surface area contributed by atoms with E-state index in [4.69, 9.17) is 0 Å². The van der Waals surface area contributed by atoms with Crippen molar-refractivity contribution in [3.05, 3.63) is 69.2 Å². The molecule has 9 heteroatoms. The number of benzene rings is 2. The van der Waals surface area contributed by atoms with E-state index in [0.717, 1.165) is 41.1 Å². The minimum atomic E-state index is -0.508. The number of pyridine rings is 1. The zero-order valence-corrected chi connectivity index (χ0v) is 19.8. The maximum atomic E-state index is 14.9. The van der Waals surface area contributed by atoms with Crippen LogP contribution >= 0.6 is 0 Å². The normalized spacial score (nSPS) is 14.9. The summed E-state index contributed by atoms with van der Waals surface area (Å²) in [5.74, 6) is -0.369. The van der Waals surface area contributed by atoms with Gasteiger partial charge in [-0.3, -0.25) is 19.9 Å². The van der Waals surface area contributed by atoms with E-state index in [2.05, 4.69) is 21.3 Å². The van der Waals surface area contributed by atoms with Gasteiger partial charge in [0.1, 0.15) is 5.82 Å². The van der Waals surface area contributed by atoms with E-state index in [1.54, 1.807) is 13.8 Å². The number of nitro groups is 1. The number of carbonyl (C=O) groups is 1. The molecule has 8 nitrogen and oxygen atoms in total. The number of anilines is 2. The Morgan fingerprint density at radius 1 is 1.15 bits per heavy atom. The molecule has 0 spiro atoms. The lowest BCUT2D eigenvalue weighted by atomic mass is 10.0. The second-order valence-corrected chi connectivity index (χ2v) is 8.79. The number of piperazine rings is 1. The molecule has 1 aliphatic heterocycles. The van der Waals surface area contributed by atoms with E-state index >= 15 is 0 Å². The van der Waals surface area contributed by atoms with E-state index < -0.39 is 16.8 Å². The van der Waals surface area contributed by atoms with Gasteiger partial charge in [0.25, 0.3) is 5.69 Å². The second kappa shape index (κ2) is 9.24. The lowest BCUT2D eigenvalue weighted by Gasteiger charge is -2.35. The number of hydrogen-bond acceptors (Lipinski definition) is 6. The van der Waals surface area contributed by atoms with Crippen molar-refractivity contribution in [1.29, 1.82) is 0 Å². The largest absolute Gasteiger partial charge is 0.378 e. The zero-order chi connectivity index (χ0) is 24.6. The molecular formula is C25H28FN5O3. The predicted molar refractivity (Wildman–Crippen MR) is 131 cm³/mol. The quantitative estimate of drug-likeness (QED) is 0.432. The Morgan fingerprint density at radius 2 is 1.85 bits per heavy atom. The van der Waals surface area contributed by atoms with Gasteiger partial charge >= 0.3 is 0 Å². The summed E-state index contributed by atoms with van der Waals surface area (Å²) < 4.78 is 14.9. The molecule has 1 N–H and O–H groups in total. The highest BCUT2D eigenvalue weighted by Gasteiger charge is 2.21. The molecule has 178 valence electrons. The van der Waals surface area contributed by atoms with Gasteiger partial charge in [-0.05, 0) is 50.6 Å². The first kappa shape index (κ1) is 23.4. The van der Waals surface area contributed by atoms with Gasteiger partial charge in [-0.15, -0.1) is 0 Å².